The summed E-state index contributed by atoms with van der Waals surface area (Å²) in [6.07, 6.45) is 0.423. The van der Waals surface area contributed by atoms with Crippen molar-refractivity contribution in [1.29, 1.82) is 0 Å². The van der Waals surface area contributed by atoms with Crippen LogP contribution in [0.3, 0.4) is 0 Å². The zero-order valence-corrected chi connectivity index (χ0v) is 17.1. The number of carbonyl (C=O) groups is 3. The molecule has 2 saturated heterocycles. The van der Waals surface area contributed by atoms with Gasteiger partial charge in [-0.2, -0.15) is 0 Å². The summed E-state index contributed by atoms with van der Waals surface area (Å²) in [7, 11) is 3.06. The minimum absolute atomic E-state index is 0.243. The van der Waals surface area contributed by atoms with E-state index in [0.29, 0.717) is 38.6 Å². The maximum atomic E-state index is 12.6. The number of imide groups is 1. The number of likely N-dealkylation sites (N-methyl/N-ethyl adjacent to an activating group) is 1. The standard InChI is InChI=1S/C18H30N6O4/c1-12(2)5-6-24-14-15(21(3)18(27)20-16(14)26)19-17(24)23-9-7-22(8-10-23)11-13(25)28-4/h12,14-15H,5-11H2,1-4H3,(H,20,26,27). The van der Waals surface area contributed by atoms with Crippen molar-refractivity contribution in [3.05, 3.63) is 0 Å². The van der Waals surface area contributed by atoms with Crippen LogP contribution in [0.25, 0.3) is 0 Å². The van der Waals surface area contributed by atoms with E-state index in [-0.39, 0.29) is 18.4 Å². The number of esters is 1. The maximum Gasteiger partial charge on any atom is 0.325 e. The third-order valence-corrected chi connectivity index (χ3v) is 5.52. The summed E-state index contributed by atoms with van der Waals surface area (Å²) >= 11 is 0. The first-order chi connectivity index (χ1) is 13.3. The average molecular weight is 394 g/mol. The van der Waals surface area contributed by atoms with Crippen LogP contribution >= 0.6 is 0 Å². The molecular formula is C18H30N6O4. The van der Waals surface area contributed by atoms with E-state index >= 15 is 0 Å². The van der Waals surface area contributed by atoms with Crippen LogP contribution in [0.4, 0.5) is 4.79 Å². The van der Waals surface area contributed by atoms with Gasteiger partial charge in [-0.15, -0.1) is 0 Å². The van der Waals surface area contributed by atoms with Crippen molar-refractivity contribution >= 4 is 23.9 Å². The van der Waals surface area contributed by atoms with Crippen LogP contribution in [0.2, 0.25) is 0 Å². The molecule has 156 valence electrons. The quantitative estimate of drug-likeness (QED) is 0.620. The van der Waals surface area contributed by atoms with E-state index in [9.17, 15) is 14.4 Å². The molecule has 0 radical (unpaired) electrons. The Morgan fingerprint density at radius 2 is 1.93 bits per heavy atom. The number of aliphatic imine (C=N–C) groups is 1. The first-order valence-corrected chi connectivity index (χ1v) is 9.78. The normalized spacial score (nSPS) is 25.8. The number of hydrogen-bond donors (Lipinski definition) is 1. The second-order valence-corrected chi connectivity index (χ2v) is 7.91. The Bertz CT molecular complexity index is 658. The molecule has 3 aliphatic rings. The smallest absolute Gasteiger partial charge is 0.325 e. The minimum atomic E-state index is -0.503. The van der Waals surface area contributed by atoms with Crippen LogP contribution in [0.1, 0.15) is 20.3 Å². The summed E-state index contributed by atoms with van der Waals surface area (Å²) < 4.78 is 4.74. The van der Waals surface area contributed by atoms with Crippen LogP contribution in [-0.2, 0) is 14.3 Å². The fourth-order valence-electron chi connectivity index (χ4n) is 3.76. The molecule has 28 heavy (non-hydrogen) atoms. The molecule has 0 spiro atoms. The van der Waals surface area contributed by atoms with E-state index in [4.69, 9.17) is 9.73 Å². The fraction of sp³-hybridized carbons (Fsp3) is 0.778. The largest absolute Gasteiger partial charge is 0.468 e. The highest BCUT2D eigenvalue weighted by atomic mass is 16.5. The van der Waals surface area contributed by atoms with Gasteiger partial charge < -0.3 is 19.4 Å². The molecule has 2 atom stereocenters. The number of methoxy groups -OCH3 is 1. The van der Waals surface area contributed by atoms with E-state index < -0.39 is 18.2 Å². The van der Waals surface area contributed by atoms with Gasteiger partial charge in [-0.05, 0) is 12.3 Å². The van der Waals surface area contributed by atoms with Crippen molar-refractivity contribution in [2.24, 2.45) is 10.9 Å². The lowest BCUT2D eigenvalue weighted by Crippen LogP contribution is -2.64. The molecular weight excluding hydrogens is 364 g/mol. The SMILES string of the molecule is COC(=O)CN1CCN(C2=NC3C(C(=O)NC(=O)N3C)N2CCC(C)C)CC1. The number of nitrogens with zero attached hydrogens (tertiary/aromatic N) is 5. The van der Waals surface area contributed by atoms with Gasteiger partial charge in [-0.1, -0.05) is 13.8 Å². The van der Waals surface area contributed by atoms with Gasteiger partial charge in [-0.3, -0.25) is 19.8 Å². The Kier molecular flexibility index (Phi) is 6.07. The van der Waals surface area contributed by atoms with Crippen molar-refractivity contribution in [2.45, 2.75) is 32.5 Å². The molecule has 3 rings (SSSR count). The summed E-state index contributed by atoms with van der Waals surface area (Å²) in [5.41, 5.74) is 0. The van der Waals surface area contributed by atoms with Crippen LogP contribution < -0.4 is 5.32 Å². The zero-order valence-electron chi connectivity index (χ0n) is 17.1. The molecule has 3 heterocycles. The Morgan fingerprint density at radius 1 is 1.25 bits per heavy atom. The van der Waals surface area contributed by atoms with Gasteiger partial charge in [0.05, 0.1) is 13.7 Å². The summed E-state index contributed by atoms with van der Waals surface area (Å²) in [6.45, 7) is 8.09. The number of amides is 3. The molecule has 0 aliphatic carbocycles. The first kappa shape index (κ1) is 20.4. The van der Waals surface area contributed by atoms with Crippen molar-refractivity contribution in [2.75, 3.05) is 53.4 Å². The topological polar surface area (TPSA) is 97.8 Å². The summed E-state index contributed by atoms with van der Waals surface area (Å²) in [4.78, 5) is 48.6. The van der Waals surface area contributed by atoms with E-state index in [1.54, 1.807) is 7.05 Å². The van der Waals surface area contributed by atoms with Crippen LogP contribution in [0.5, 0.6) is 0 Å². The number of carbonyl (C=O) groups excluding carboxylic acids is 3. The van der Waals surface area contributed by atoms with Gasteiger partial charge in [0, 0.05) is 39.8 Å². The van der Waals surface area contributed by atoms with E-state index in [0.717, 1.165) is 12.4 Å². The van der Waals surface area contributed by atoms with Gasteiger partial charge in [0.2, 0.25) is 0 Å². The molecule has 2 unspecified atom stereocenters. The predicted molar refractivity (Wildman–Crippen MR) is 103 cm³/mol. The Balaban J connectivity index is 1.74. The van der Waals surface area contributed by atoms with Gasteiger partial charge in [0.15, 0.2) is 18.2 Å². The van der Waals surface area contributed by atoms with E-state index in [1.165, 1.54) is 12.0 Å². The molecule has 0 aromatic rings. The molecule has 0 bridgehead atoms. The van der Waals surface area contributed by atoms with E-state index in [1.807, 2.05) is 9.80 Å². The Morgan fingerprint density at radius 3 is 2.54 bits per heavy atom. The van der Waals surface area contributed by atoms with Crippen LogP contribution in [-0.4, -0.2) is 109 Å². The number of urea groups is 1. The van der Waals surface area contributed by atoms with Gasteiger partial charge >= 0.3 is 12.0 Å². The number of fused-ring (bicyclic) bond motifs is 1. The number of hydrogen-bond acceptors (Lipinski definition) is 8. The molecule has 0 aromatic heterocycles. The lowest BCUT2D eigenvalue weighted by atomic mass is 10.1. The first-order valence-electron chi connectivity index (χ1n) is 9.78. The number of ether oxygens (including phenoxy) is 1. The molecule has 3 aliphatic heterocycles. The average Bonchev–Trinajstić information content (AvgIpc) is 3.05. The second-order valence-electron chi connectivity index (χ2n) is 7.91. The predicted octanol–water partition coefficient (Wildman–Crippen LogP) is -0.629. The van der Waals surface area contributed by atoms with Crippen LogP contribution in [0, 0.1) is 5.92 Å². The number of guanidine groups is 1. The highest BCUT2D eigenvalue weighted by Gasteiger charge is 2.49. The van der Waals surface area contributed by atoms with Gasteiger partial charge in [-0.25, -0.2) is 9.79 Å². The zero-order chi connectivity index (χ0) is 20.4. The molecule has 3 amide bonds. The number of rotatable bonds is 5. The molecule has 0 saturated carbocycles. The Hall–Kier alpha value is -2.36. The minimum Gasteiger partial charge on any atom is -0.468 e. The van der Waals surface area contributed by atoms with Crippen molar-refractivity contribution in [3.8, 4) is 0 Å². The molecule has 10 heteroatoms. The summed E-state index contributed by atoms with van der Waals surface area (Å²) in [5, 5.41) is 2.43. The van der Waals surface area contributed by atoms with E-state index in [2.05, 4.69) is 24.1 Å². The highest BCUT2D eigenvalue weighted by Crippen LogP contribution is 2.26. The third kappa shape index (κ3) is 4.06. The summed E-state index contributed by atoms with van der Waals surface area (Å²) in [6, 6.07) is -0.910. The Labute approximate surface area is 165 Å². The van der Waals surface area contributed by atoms with Crippen molar-refractivity contribution in [1.82, 2.24) is 24.9 Å². The van der Waals surface area contributed by atoms with Crippen LogP contribution in [0.15, 0.2) is 4.99 Å². The van der Waals surface area contributed by atoms with Crippen molar-refractivity contribution < 1.29 is 19.1 Å². The number of nitrogens with one attached hydrogen (secondary N) is 1. The maximum absolute atomic E-state index is 12.6. The van der Waals surface area contributed by atoms with Crippen molar-refractivity contribution in [3.63, 3.8) is 0 Å². The highest BCUT2D eigenvalue weighted by molar-refractivity contribution is 6.03. The fourth-order valence-corrected chi connectivity index (χ4v) is 3.76. The molecule has 1 N–H and O–H groups in total. The second kappa shape index (κ2) is 8.34. The molecule has 2 fully saturated rings. The number of piperazine rings is 1. The third-order valence-electron chi connectivity index (χ3n) is 5.52. The lowest BCUT2D eigenvalue weighted by molar-refractivity contribution is -0.142. The summed E-state index contributed by atoms with van der Waals surface area (Å²) in [5.74, 6) is 0.723. The molecule has 10 nitrogen and oxygen atoms in total. The van der Waals surface area contributed by atoms with Gasteiger partial charge in [0.25, 0.3) is 5.91 Å². The van der Waals surface area contributed by atoms with Gasteiger partial charge in [0.1, 0.15) is 0 Å². The molecule has 0 aromatic carbocycles. The lowest BCUT2D eigenvalue weighted by Gasteiger charge is -2.40. The monoisotopic (exact) mass is 394 g/mol.